The summed E-state index contributed by atoms with van der Waals surface area (Å²) >= 11 is 1.62. The average Bonchev–Trinajstić information content (AvgIpc) is 2.70. The van der Waals surface area contributed by atoms with Crippen molar-refractivity contribution in [2.75, 3.05) is 5.88 Å². The van der Waals surface area contributed by atoms with Gasteiger partial charge < -0.3 is 5.32 Å². The highest BCUT2D eigenvalue weighted by atomic mass is 32.2. The highest BCUT2D eigenvalue weighted by Crippen LogP contribution is 2.13. The van der Waals surface area contributed by atoms with E-state index in [4.69, 9.17) is 0 Å². The highest BCUT2D eigenvalue weighted by Gasteiger charge is 2.14. The number of nitrogens with one attached hydrogen (secondary N) is 1. The Balaban J connectivity index is 2.04. The number of amides is 1. The first-order valence-corrected chi connectivity index (χ1v) is 5.80. The molecular weight excluding hydrogens is 208 g/mol. The van der Waals surface area contributed by atoms with Crippen molar-refractivity contribution >= 4 is 23.9 Å². The molecule has 1 aliphatic rings. The fraction of sp³-hybridized carbons (Fsp3) is 0.273. The zero-order chi connectivity index (χ0) is 10.7. The van der Waals surface area contributed by atoms with Gasteiger partial charge in [-0.2, -0.15) is 0 Å². The topological polar surface area (TPSA) is 41.5 Å². The molecule has 1 aromatic carbocycles. The van der Waals surface area contributed by atoms with Crippen molar-refractivity contribution in [3.63, 3.8) is 0 Å². The zero-order valence-electron chi connectivity index (χ0n) is 8.43. The number of rotatable bonds is 2. The molecule has 0 saturated carbocycles. The van der Waals surface area contributed by atoms with Gasteiger partial charge >= 0.3 is 0 Å². The van der Waals surface area contributed by atoms with Crippen LogP contribution in [0.5, 0.6) is 0 Å². The lowest BCUT2D eigenvalue weighted by atomic mass is 10.1. The molecule has 0 saturated heterocycles. The molecule has 1 N–H and O–H groups in total. The van der Waals surface area contributed by atoms with E-state index in [-0.39, 0.29) is 11.3 Å². The Morgan fingerprint density at radius 1 is 1.60 bits per heavy atom. The minimum atomic E-state index is -0.0375. The zero-order valence-corrected chi connectivity index (χ0v) is 9.25. The maximum absolute atomic E-state index is 11.8. The number of aliphatic imine (C=N–C) groups is 1. The summed E-state index contributed by atoms with van der Waals surface area (Å²) in [5.41, 5.74) is 1.80. The smallest absolute Gasteiger partial charge is 0.252 e. The molecule has 1 heterocycles. The fourth-order valence-electron chi connectivity index (χ4n) is 1.38. The maximum Gasteiger partial charge on any atom is 0.252 e. The van der Waals surface area contributed by atoms with E-state index in [0.29, 0.717) is 5.56 Å². The molecule has 78 valence electrons. The lowest BCUT2D eigenvalue weighted by Crippen LogP contribution is -2.32. The molecule has 15 heavy (non-hydrogen) atoms. The Kier molecular flexibility index (Phi) is 3.06. The van der Waals surface area contributed by atoms with E-state index in [2.05, 4.69) is 10.3 Å². The summed E-state index contributed by atoms with van der Waals surface area (Å²) in [7, 11) is 0. The predicted octanol–water partition coefficient (Wildman–Crippen LogP) is 1.83. The van der Waals surface area contributed by atoms with Gasteiger partial charge in [0, 0.05) is 11.8 Å². The van der Waals surface area contributed by atoms with E-state index < -0.39 is 0 Å². The molecule has 1 amide bonds. The van der Waals surface area contributed by atoms with Crippen LogP contribution in [0.1, 0.15) is 15.9 Å². The van der Waals surface area contributed by atoms with E-state index in [1.54, 1.807) is 18.0 Å². The molecule has 1 aromatic rings. The van der Waals surface area contributed by atoms with Gasteiger partial charge in [0.25, 0.3) is 5.91 Å². The van der Waals surface area contributed by atoms with Gasteiger partial charge in [-0.3, -0.25) is 9.79 Å². The summed E-state index contributed by atoms with van der Waals surface area (Å²) in [5, 5.41) is 2.92. The van der Waals surface area contributed by atoms with Gasteiger partial charge in [-0.25, -0.2) is 0 Å². The molecule has 0 spiro atoms. The van der Waals surface area contributed by atoms with Crippen molar-refractivity contribution in [2.24, 2.45) is 4.99 Å². The largest absolute Gasteiger partial charge is 0.335 e. The molecule has 1 atom stereocenters. The summed E-state index contributed by atoms with van der Waals surface area (Å²) in [6.45, 7) is 1.97. The number of aryl methyl sites for hydroxylation is 1. The molecule has 0 aromatic heterocycles. The van der Waals surface area contributed by atoms with Gasteiger partial charge in [-0.15, -0.1) is 11.8 Å². The minimum Gasteiger partial charge on any atom is -0.335 e. The second-order valence-corrected chi connectivity index (χ2v) is 4.49. The van der Waals surface area contributed by atoms with Crippen LogP contribution in [0.15, 0.2) is 29.3 Å². The van der Waals surface area contributed by atoms with Gasteiger partial charge in [0.15, 0.2) is 0 Å². The van der Waals surface area contributed by atoms with Gasteiger partial charge in [0.05, 0.1) is 5.88 Å². The third-order valence-electron chi connectivity index (χ3n) is 2.12. The van der Waals surface area contributed by atoms with E-state index in [1.807, 2.05) is 31.2 Å². The number of benzene rings is 1. The van der Waals surface area contributed by atoms with Gasteiger partial charge in [0.2, 0.25) is 0 Å². The van der Waals surface area contributed by atoms with Crippen molar-refractivity contribution in [1.82, 2.24) is 5.32 Å². The molecule has 4 heteroatoms. The summed E-state index contributed by atoms with van der Waals surface area (Å²) in [6, 6.07) is 7.56. The van der Waals surface area contributed by atoms with E-state index in [9.17, 15) is 4.79 Å². The molecular formula is C11H12N2OS. The van der Waals surface area contributed by atoms with Crippen LogP contribution in [-0.2, 0) is 0 Å². The van der Waals surface area contributed by atoms with Crippen molar-refractivity contribution in [3.8, 4) is 0 Å². The first-order valence-electron chi connectivity index (χ1n) is 4.75. The fourth-order valence-corrected chi connectivity index (χ4v) is 2.08. The summed E-state index contributed by atoms with van der Waals surface area (Å²) < 4.78 is 0. The van der Waals surface area contributed by atoms with E-state index >= 15 is 0 Å². The van der Waals surface area contributed by atoms with Crippen molar-refractivity contribution in [1.29, 1.82) is 0 Å². The molecule has 0 radical (unpaired) electrons. The van der Waals surface area contributed by atoms with Crippen molar-refractivity contribution < 1.29 is 4.79 Å². The summed E-state index contributed by atoms with van der Waals surface area (Å²) in [6.07, 6.45) is 1.78. The number of nitrogens with zero attached hydrogens (tertiary/aromatic N) is 1. The monoisotopic (exact) mass is 220 g/mol. The normalized spacial score (nSPS) is 19.1. The molecule has 0 aliphatic carbocycles. The van der Waals surface area contributed by atoms with Crippen LogP contribution in [0.2, 0.25) is 0 Å². The number of hydrogen-bond donors (Lipinski definition) is 1. The molecule has 3 nitrogen and oxygen atoms in total. The first-order chi connectivity index (χ1) is 7.25. The standard InChI is InChI=1S/C11H12N2OS/c1-8-3-2-4-9(5-8)11(14)13-10-6-12-7-15-10/h2-6,10H,7H2,1H3,(H,13,14). The Morgan fingerprint density at radius 2 is 2.47 bits per heavy atom. The van der Waals surface area contributed by atoms with Crippen LogP contribution in [0.4, 0.5) is 0 Å². The average molecular weight is 220 g/mol. The Morgan fingerprint density at radius 3 is 3.13 bits per heavy atom. The number of carbonyl (C=O) groups excluding carboxylic acids is 1. The van der Waals surface area contributed by atoms with Crippen molar-refractivity contribution in [2.45, 2.75) is 12.3 Å². The second kappa shape index (κ2) is 4.49. The Hall–Kier alpha value is -1.29. The molecule has 1 aliphatic heterocycles. The molecule has 2 rings (SSSR count). The molecule has 0 bridgehead atoms. The molecule has 1 unspecified atom stereocenters. The second-order valence-electron chi connectivity index (χ2n) is 3.39. The SMILES string of the molecule is Cc1cccc(C(=O)NC2C=NCS2)c1. The number of carbonyl (C=O) groups is 1. The van der Waals surface area contributed by atoms with Crippen LogP contribution in [-0.4, -0.2) is 23.4 Å². The number of thioether (sulfide) groups is 1. The number of hydrogen-bond acceptors (Lipinski definition) is 3. The third kappa shape index (κ3) is 2.59. The lowest BCUT2D eigenvalue weighted by Gasteiger charge is -2.09. The summed E-state index contributed by atoms with van der Waals surface area (Å²) in [5.74, 6) is 0.697. The maximum atomic E-state index is 11.8. The lowest BCUT2D eigenvalue weighted by molar-refractivity contribution is 0.0956. The van der Waals surface area contributed by atoms with Gasteiger partial charge in [-0.05, 0) is 19.1 Å². The highest BCUT2D eigenvalue weighted by molar-refractivity contribution is 8.00. The van der Waals surface area contributed by atoms with Gasteiger partial charge in [-0.1, -0.05) is 17.7 Å². The quantitative estimate of drug-likeness (QED) is 0.826. The summed E-state index contributed by atoms with van der Waals surface area (Å²) in [4.78, 5) is 15.8. The first kappa shape index (κ1) is 10.2. The third-order valence-corrected chi connectivity index (χ3v) is 3.02. The van der Waals surface area contributed by atoms with E-state index in [1.165, 1.54) is 0 Å². The van der Waals surface area contributed by atoms with Crippen LogP contribution < -0.4 is 5.32 Å². The predicted molar refractivity (Wildman–Crippen MR) is 63.4 cm³/mol. The van der Waals surface area contributed by atoms with Crippen LogP contribution in [0.3, 0.4) is 0 Å². The van der Waals surface area contributed by atoms with Crippen molar-refractivity contribution in [3.05, 3.63) is 35.4 Å². The minimum absolute atomic E-state index is 0.0259. The Labute approximate surface area is 93.0 Å². The Bertz CT molecular complexity index is 403. The molecule has 0 fully saturated rings. The van der Waals surface area contributed by atoms with Crippen LogP contribution >= 0.6 is 11.8 Å². The van der Waals surface area contributed by atoms with E-state index in [0.717, 1.165) is 11.4 Å². The van der Waals surface area contributed by atoms with Crippen LogP contribution in [0.25, 0.3) is 0 Å². The van der Waals surface area contributed by atoms with Crippen LogP contribution in [0, 0.1) is 6.92 Å². The van der Waals surface area contributed by atoms with Gasteiger partial charge in [0.1, 0.15) is 5.37 Å².